The molecule has 3 N–H and O–H groups in total. The van der Waals surface area contributed by atoms with Gasteiger partial charge in [-0.1, -0.05) is 24.6 Å². The SMILES string of the molecule is CCC(O)CCNCC(O)COc1cccc(Cl)c1. The largest absolute Gasteiger partial charge is 0.491 e. The van der Waals surface area contributed by atoms with Crippen LogP contribution in [0.15, 0.2) is 24.3 Å². The van der Waals surface area contributed by atoms with Crippen molar-refractivity contribution in [1.29, 1.82) is 0 Å². The fraction of sp³-hybridized carbons (Fsp3) is 0.571. The Balaban J connectivity index is 2.12. The first-order valence-corrected chi connectivity index (χ1v) is 6.94. The molecule has 0 heterocycles. The zero-order valence-electron chi connectivity index (χ0n) is 11.2. The normalized spacial score (nSPS) is 14.1. The Labute approximate surface area is 119 Å². The zero-order chi connectivity index (χ0) is 14.1. The highest BCUT2D eigenvalue weighted by Gasteiger charge is 2.06. The van der Waals surface area contributed by atoms with Gasteiger partial charge in [0.1, 0.15) is 18.5 Å². The number of halogens is 1. The van der Waals surface area contributed by atoms with Crippen molar-refractivity contribution in [1.82, 2.24) is 5.32 Å². The van der Waals surface area contributed by atoms with Gasteiger partial charge in [-0.25, -0.2) is 0 Å². The Kier molecular flexibility index (Phi) is 7.82. The lowest BCUT2D eigenvalue weighted by Gasteiger charge is -2.14. The van der Waals surface area contributed by atoms with E-state index in [4.69, 9.17) is 16.3 Å². The lowest BCUT2D eigenvalue weighted by molar-refractivity contribution is 0.104. The van der Waals surface area contributed by atoms with E-state index < -0.39 is 6.10 Å². The molecule has 1 aromatic carbocycles. The smallest absolute Gasteiger partial charge is 0.120 e. The molecule has 4 nitrogen and oxygen atoms in total. The van der Waals surface area contributed by atoms with Crippen molar-refractivity contribution >= 4 is 11.6 Å². The van der Waals surface area contributed by atoms with Crippen LogP contribution in [0.25, 0.3) is 0 Å². The standard InChI is InChI=1S/C14H22ClNO3/c1-2-12(17)6-7-16-9-13(18)10-19-14-5-3-4-11(15)8-14/h3-5,8,12-13,16-18H,2,6-7,9-10H2,1H3. The summed E-state index contributed by atoms with van der Waals surface area (Å²) in [5.74, 6) is 0.646. The predicted molar refractivity (Wildman–Crippen MR) is 76.7 cm³/mol. The van der Waals surface area contributed by atoms with Gasteiger partial charge in [-0.3, -0.25) is 0 Å². The predicted octanol–water partition coefficient (Wildman–Crippen LogP) is 1.83. The highest BCUT2D eigenvalue weighted by atomic mass is 35.5. The summed E-state index contributed by atoms with van der Waals surface area (Å²) in [6.07, 6.45) is 0.589. The van der Waals surface area contributed by atoms with Gasteiger partial charge < -0.3 is 20.3 Å². The van der Waals surface area contributed by atoms with E-state index >= 15 is 0 Å². The van der Waals surface area contributed by atoms with E-state index in [2.05, 4.69) is 5.32 Å². The molecule has 0 amide bonds. The van der Waals surface area contributed by atoms with Gasteiger partial charge in [0.25, 0.3) is 0 Å². The topological polar surface area (TPSA) is 61.7 Å². The molecule has 0 aliphatic heterocycles. The molecule has 0 aliphatic carbocycles. The maximum atomic E-state index is 9.72. The molecule has 0 fully saturated rings. The monoisotopic (exact) mass is 287 g/mol. The lowest BCUT2D eigenvalue weighted by Crippen LogP contribution is -2.33. The van der Waals surface area contributed by atoms with E-state index in [-0.39, 0.29) is 12.7 Å². The van der Waals surface area contributed by atoms with Crippen LogP contribution >= 0.6 is 11.6 Å². The van der Waals surface area contributed by atoms with Gasteiger partial charge >= 0.3 is 0 Å². The van der Waals surface area contributed by atoms with E-state index in [1.165, 1.54) is 0 Å². The minimum absolute atomic E-state index is 0.212. The number of aliphatic hydroxyl groups excluding tert-OH is 2. The van der Waals surface area contributed by atoms with Gasteiger partial charge in [-0.05, 0) is 37.6 Å². The van der Waals surface area contributed by atoms with Crippen LogP contribution in [0.1, 0.15) is 19.8 Å². The van der Waals surface area contributed by atoms with E-state index in [1.807, 2.05) is 6.92 Å². The minimum Gasteiger partial charge on any atom is -0.491 e. The number of hydrogen-bond acceptors (Lipinski definition) is 4. The first kappa shape index (κ1) is 16.2. The van der Waals surface area contributed by atoms with Crippen LogP contribution in [-0.2, 0) is 0 Å². The van der Waals surface area contributed by atoms with Crippen LogP contribution in [-0.4, -0.2) is 42.1 Å². The molecule has 0 saturated carbocycles. The molecule has 1 aromatic rings. The molecule has 0 aliphatic rings. The third kappa shape index (κ3) is 7.38. The molecule has 2 atom stereocenters. The molecule has 108 valence electrons. The molecular formula is C14H22ClNO3. The van der Waals surface area contributed by atoms with Crippen LogP contribution < -0.4 is 10.1 Å². The molecule has 5 heteroatoms. The summed E-state index contributed by atoms with van der Waals surface area (Å²) >= 11 is 5.83. The second kappa shape index (κ2) is 9.15. The average molecular weight is 288 g/mol. The second-order valence-corrected chi connectivity index (χ2v) is 4.91. The number of benzene rings is 1. The van der Waals surface area contributed by atoms with Crippen molar-refractivity contribution in [3.8, 4) is 5.75 Å². The first-order valence-electron chi connectivity index (χ1n) is 6.57. The number of nitrogens with one attached hydrogen (secondary N) is 1. The Bertz CT molecular complexity index is 362. The summed E-state index contributed by atoms with van der Waals surface area (Å²) in [6.45, 7) is 3.28. The van der Waals surface area contributed by atoms with Crippen LogP contribution in [0.2, 0.25) is 5.02 Å². The van der Waals surface area contributed by atoms with Crippen molar-refractivity contribution in [2.24, 2.45) is 0 Å². The fourth-order valence-corrected chi connectivity index (χ4v) is 1.73. The third-order valence-corrected chi connectivity index (χ3v) is 2.98. The molecule has 0 saturated heterocycles. The maximum absolute atomic E-state index is 9.72. The molecule has 1 rings (SSSR count). The van der Waals surface area contributed by atoms with Crippen LogP contribution in [0, 0.1) is 0 Å². The quantitative estimate of drug-likeness (QED) is 0.607. The lowest BCUT2D eigenvalue weighted by atomic mass is 10.2. The van der Waals surface area contributed by atoms with Gasteiger partial charge in [0.2, 0.25) is 0 Å². The van der Waals surface area contributed by atoms with E-state index in [1.54, 1.807) is 24.3 Å². The Morgan fingerprint density at radius 1 is 1.32 bits per heavy atom. The fourth-order valence-electron chi connectivity index (χ4n) is 1.55. The second-order valence-electron chi connectivity index (χ2n) is 4.48. The van der Waals surface area contributed by atoms with Crippen molar-refractivity contribution < 1.29 is 14.9 Å². The molecule has 0 spiro atoms. The van der Waals surface area contributed by atoms with Crippen LogP contribution in [0.3, 0.4) is 0 Å². The summed E-state index contributed by atoms with van der Waals surface area (Å²) in [6, 6.07) is 7.07. The van der Waals surface area contributed by atoms with Gasteiger partial charge in [-0.2, -0.15) is 0 Å². The number of ether oxygens (including phenoxy) is 1. The van der Waals surface area contributed by atoms with Gasteiger partial charge in [0, 0.05) is 11.6 Å². The van der Waals surface area contributed by atoms with Crippen molar-refractivity contribution in [2.45, 2.75) is 32.0 Å². The summed E-state index contributed by atoms with van der Waals surface area (Å²) in [7, 11) is 0. The molecule has 19 heavy (non-hydrogen) atoms. The summed E-state index contributed by atoms with van der Waals surface area (Å²) in [5, 5.41) is 22.8. The van der Waals surface area contributed by atoms with Gasteiger partial charge in [-0.15, -0.1) is 0 Å². The molecule has 0 bridgehead atoms. The number of aliphatic hydroxyl groups is 2. The third-order valence-electron chi connectivity index (χ3n) is 2.74. The van der Waals surface area contributed by atoms with Crippen LogP contribution in [0.4, 0.5) is 0 Å². The number of rotatable bonds is 9. The summed E-state index contributed by atoms with van der Waals surface area (Å²) < 4.78 is 5.42. The Hall–Kier alpha value is -0.810. The molecule has 2 unspecified atom stereocenters. The Morgan fingerprint density at radius 3 is 2.79 bits per heavy atom. The van der Waals surface area contributed by atoms with Crippen LogP contribution in [0.5, 0.6) is 5.75 Å². The summed E-state index contributed by atoms with van der Waals surface area (Å²) in [4.78, 5) is 0. The first-order chi connectivity index (χ1) is 9.11. The van der Waals surface area contributed by atoms with Crippen molar-refractivity contribution in [3.05, 3.63) is 29.3 Å². The maximum Gasteiger partial charge on any atom is 0.120 e. The highest BCUT2D eigenvalue weighted by Crippen LogP contribution is 2.17. The highest BCUT2D eigenvalue weighted by molar-refractivity contribution is 6.30. The molecule has 0 aromatic heterocycles. The number of hydrogen-bond donors (Lipinski definition) is 3. The Morgan fingerprint density at radius 2 is 2.11 bits per heavy atom. The van der Waals surface area contributed by atoms with Crippen molar-refractivity contribution in [2.75, 3.05) is 19.7 Å². The van der Waals surface area contributed by atoms with Gasteiger partial charge in [0.15, 0.2) is 0 Å². The summed E-state index contributed by atoms with van der Waals surface area (Å²) in [5.41, 5.74) is 0. The average Bonchev–Trinajstić information content (AvgIpc) is 2.41. The molecular weight excluding hydrogens is 266 g/mol. The van der Waals surface area contributed by atoms with E-state index in [9.17, 15) is 10.2 Å². The van der Waals surface area contributed by atoms with Crippen molar-refractivity contribution in [3.63, 3.8) is 0 Å². The van der Waals surface area contributed by atoms with Gasteiger partial charge in [0.05, 0.1) is 6.10 Å². The zero-order valence-corrected chi connectivity index (χ0v) is 11.9. The van der Waals surface area contributed by atoms with E-state index in [0.717, 1.165) is 6.42 Å². The van der Waals surface area contributed by atoms with E-state index in [0.29, 0.717) is 30.3 Å². The molecule has 0 radical (unpaired) electrons. The minimum atomic E-state index is -0.585.